The molecule has 3 aliphatic heterocycles. The third kappa shape index (κ3) is 2.25. The molecule has 1 saturated heterocycles. The largest absolute Gasteiger partial charge is 0.325 e. The van der Waals surface area contributed by atoms with Crippen molar-refractivity contribution in [2.75, 3.05) is 11.9 Å². The zero-order valence-electron chi connectivity index (χ0n) is 14.6. The van der Waals surface area contributed by atoms with Crippen LogP contribution in [0.15, 0.2) is 71.9 Å². The lowest BCUT2D eigenvalue weighted by molar-refractivity contribution is -0.126. The standard InChI is InChI=1S/C20H17N5O2/c1-23-17-16(18(26)22-20(23)27)24-12-15(13-8-4-2-5-9-13)25(19(24)21-17)14-10-6-3-7-11-14/h2-12,16-17H,1H3,(H,22,26,27). The molecular weight excluding hydrogens is 342 g/mol. The summed E-state index contributed by atoms with van der Waals surface area (Å²) in [6, 6.07) is 18.9. The van der Waals surface area contributed by atoms with Gasteiger partial charge in [-0.1, -0.05) is 48.5 Å². The van der Waals surface area contributed by atoms with Gasteiger partial charge < -0.3 is 4.90 Å². The van der Waals surface area contributed by atoms with E-state index in [4.69, 9.17) is 4.99 Å². The molecule has 7 heteroatoms. The Morgan fingerprint density at radius 3 is 2.33 bits per heavy atom. The number of guanidine groups is 1. The second kappa shape index (κ2) is 5.70. The van der Waals surface area contributed by atoms with E-state index in [1.165, 1.54) is 4.90 Å². The minimum absolute atomic E-state index is 0.333. The van der Waals surface area contributed by atoms with Crippen LogP contribution in [-0.2, 0) is 4.79 Å². The highest BCUT2D eigenvalue weighted by molar-refractivity contribution is 6.16. The van der Waals surface area contributed by atoms with Gasteiger partial charge in [0.05, 0.1) is 5.70 Å². The summed E-state index contributed by atoms with van der Waals surface area (Å²) in [5, 5.41) is 2.41. The molecule has 2 aromatic rings. The Kier molecular flexibility index (Phi) is 3.30. The van der Waals surface area contributed by atoms with Crippen molar-refractivity contribution in [2.24, 2.45) is 4.99 Å². The zero-order valence-corrected chi connectivity index (χ0v) is 14.6. The van der Waals surface area contributed by atoms with E-state index in [1.807, 2.05) is 76.7 Å². The predicted molar refractivity (Wildman–Crippen MR) is 101 cm³/mol. The van der Waals surface area contributed by atoms with Gasteiger partial charge in [-0.05, 0) is 12.1 Å². The van der Waals surface area contributed by atoms with Crippen molar-refractivity contribution in [2.45, 2.75) is 12.2 Å². The summed E-state index contributed by atoms with van der Waals surface area (Å²) in [6.07, 6.45) is 1.40. The Balaban J connectivity index is 1.65. The third-order valence-electron chi connectivity index (χ3n) is 5.06. The SMILES string of the molecule is CN1C(=O)NC(=O)C2C1N=C1N(c3ccccc3)C(c3ccccc3)=CN12. The van der Waals surface area contributed by atoms with Gasteiger partial charge in [-0.2, -0.15) is 0 Å². The summed E-state index contributed by atoms with van der Waals surface area (Å²) < 4.78 is 0. The van der Waals surface area contributed by atoms with Crippen LogP contribution in [0.4, 0.5) is 10.5 Å². The number of carbonyl (C=O) groups excluding carboxylic acids is 2. The number of amides is 3. The second-order valence-electron chi connectivity index (χ2n) is 6.65. The number of fused-ring (bicyclic) bond motifs is 3. The van der Waals surface area contributed by atoms with Crippen molar-refractivity contribution < 1.29 is 9.59 Å². The minimum atomic E-state index is -0.574. The minimum Gasteiger partial charge on any atom is -0.303 e. The number of nitrogens with zero attached hydrogens (tertiary/aromatic N) is 4. The van der Waals surface area contributed by atoms with Crippen molar-refractivity contribution in [3.63, 3.8) is 0 Å². The molecular formula is C20H17N5O2. The van der Waals surface area contributed by atoms with Crippen molar-refractivity contribution in [3.05, 3.63) is 72.4 Å². The first-order valence-electron chi connectivity index (χ1n) is 8.71. The maximum atomic E-state index is 12.5. The Morgan fingerprint density at radius 1 is 0.963 bits per heavy atom. The Bertz CT molecular complexity index is 986. The maximum Gasteiger partial charge on any atom is 0.325 e. The first-order valence-corrected chi connectivity index (χ1v) is 8.71. The number of carbonyl (C=O) groups is 2. The number of aliphatic imine (C=N–C) groups is 1. The monoisotopic (exact) mass is 359 g/mol. The molecule has 0 bridgehead atoms. The van der Waals surface area contributed by atoms with Crippen molar-refractivity contribution in [1.82, 2.24) is 15.1 Å². The lowest BCUT2D eigenvalue weighted by atomic mass is 10.1. The lowest BCUT2D eigenvalue weighted by Gasteiger charge is -2.34. The lowest BCUT2D eigenvalue weighted by Crippen LogP contribution is -2.62. The topological polar surface area (TPSA) is 68.2 Å². The molecule has 2 unspecified atom stereocenters. The number of urea groups is 1. The Labute approximate surface area is 156 Å². The van der Waals surface area contributed by atoms with Gasteiger partial charge in [-0.25, -0.2) is 9.79 Å². The summed E-state index contributed by atoms with van der Waals surface area (Å²) in [5.74, 6) is 0.312. The summed E-state index contributed by atoms with van der Waals surface area (Å²) in [4.78, 5) is 34.6. The van der Waals surface area contributed by atoms with Gasteiger partial charge in [0, 0.05) is 24.5 Å². The average Bonchev–Trinajstić information content (AvgIpc) is 3.24. The molecule has 3 amide bonds. The summed E-state index contributed by atoms with van der Waals surface area (Å²) in [7, 11) is 1.65. The molecule has 0 aliphatic carbocycles. The van der Waals surface area contributed by atoms with E-state index in [-0.39, 0.29) is 5.91 Å². The van der Waals surface area contributed by atoms with E-state index in [1.54, 1.807) is 7.05 Å². The van der Waals surface area contributed by atoms with Gasteiger partial charge in [0.25, 0.3) is 5.91 Å². The van der Waals surface area contributed by atoms with Crippen molar-refractivity contribution in [1.29, 1.82) is 0 Å². The van der Waals surface area contributed by atoms with Crippen LogP contribution in [-0.4, -0.2) is 47.0 Å². The highest BCUT2D eigenvalue weighted by Gasteiger charge is 2.52. The van der Waals surface area contributed by atoms with E-state index < -0.39 is 18.2 Å². The normalized spacial score (nSPS) is 23.7. The van der Waals surface area contributed by atoms with Gasteiger partial charge >= 0.3 is 6.03 Å². The molecule has 0 spiro atoms. The van der Waals surface area contributed by atoms with E-state index >= 15 is 0 Å². The Hall–Kier alpha value is -3.61. The third-order valence-corrected chi connectivity index (χ3v) is 5.06. The van der Waals surface area contributed by atoms with E-state index in [0.29, 0.717) is 5.96 Å². The van der Waals surface area contributed by atoms with Gasteiger partial charge in [0.15, 0.2) is 12.2 Å². The van der Waals surface area contributed by atoms with E-state index in [0.717, 1.165) is 16.9 Å². The number of nitrogens with one attached hydrogen (secondary N) is 1. The van der Waals surface area contributed by atoms with Gasteiger partial charge in [0.2, 0.25) is 5.96 Å². The fraction of sp³-hybridized carbons (Fsp3) is 0.150. The molecule has 2 aromatic carbocycles. The van der Waals surface area contributed by atoms with E-state index in [9.17, 15) is 9.59 Å². The number of benzene rings is 2. The van der Waals surface area contributed by atoms with Gasteiger partial charge in [0.1, 0.15) is 0 Å². The first kappa shape index (κ1) is 15.6. The predicted octanol–water partition coefficient (Wildman–Crippen LogP) is 2.05. The summed E-state index contributed by atoms with van der Waals surface area (Å²) in [6.45, 7) is 0. The smallest absolute Gasteiger partial charge is 0.303 e. The van der Waals surface area contributed by atoms with Crippen LogP contribution in [0.5, 0.6) is 0 Å². The van der Waals surface area contributed by atoms with Crippen molar-refractivity contribution >= 4 is 29.3 Å². The van der Waals surface area contributed by atoms with Crippen LogP contribution in [0, 0.1) is 0 Å². The number of likely N-dealkylation sites (N-methyl/N-ethyl adjacent to an activating group) is 1. The fourth-order valence-corrected chi connectivity index (χ4v) is 3.72. The summed E-state index contributed by atoms with van der Waals surface area (Å²) >= 11 is 0. The molecule has 134 valence electrons. The number of hydrogen-bond donors (Lipinski definition) is 1. The number of anilines is 1. The molecule has 2 atom stereocenters. The number of imide groups is 1. The molecule has 1 fully saturated rings. The molecule has 5 rings (SSSR count). The molecule has 0 saturated carbocycles. The zero-order chi connectivity index (χ0) is 18.5. The molecule has 0 radical (unpaired) electrons. The first-order chi connectivity index (χ1) is 13.1. The fourth-order valence-electron chi connectivity index (χ4n) is 3.72. The van der Waals surface area contributed by atoms with Crippen LogP contribution < -0.4 is 10.2 Å². The molecule has 3 heterocycles. The molecule has 27 heavy (non-hydrogen) atoms. The van der Waals surface area contributed by atoms with Crippen LogP contribution in [0.1, 0.15) is 5.56 Å². The van der Waals surface area contributed by atoms with E-state index in [2.05, 4.69) is 5.32 Å². The molecule has 7 nitrogen and oxygen atoms in total. The highest BCUT2D eigenvalue weighted by atomic mass is 16.2. The molecule has 1 N–H and O–H groups in total. The average molecular weight is 359 g/mol. The number of para-hydroxylation sites is 1. The van der Waals surface area contributed by atoms with Crippen LogP contribution in [0.3, 0.4) is 0 Å². The van der Waals surface area contributed by atoms with Crippen molar-refractivity contribution in [3.8, 4) is 0 Å². The molecule has 3 aliphatic rings. The maximum absolute atomic E-state index is 12.5. The Morgan fingerprint density at radius 2 is 1.63 bits per heavy atom. The van der Waals surface area contributed by atoms with Gasteiger partial charge in [-0.15, -0.1) is 0 Å². The number of rotatable bonds is 2. The molecule has 0 aromatic heterocycles. The number of hydrogen-bond acceptors (Lipinski definition) is 5. The van der Waals surface area contributed by atoms with Crippen LogP contribution in [0.25, 0.3) is 5.70 Å². The van der Waals surface area contributed by atoms with Gasteiger partial charge in [-0.3, -0.25) is 19.9 Å². The second-order valence-corrected chi connectivity index (χ2v) is 6.65. The van der Waals surface area contributed by atoms with Crippen LogP contribution >= 0.6 is 0 Å². The summed E-state index contributed by atoms with van der Waals surface area (Å²) in [5.41, 5.74) is 2.91. The highest BCUT2D eigenvalue weighted by Crippen LogP contribution is 2.38. The van der Waals surface area contributed by atoms with Crippen LogP contribution in [0.2, 0.25) is 0 Å². The quantitative estimate of drug-likeness (QED) is 0.891.